The molecule has 0 atom stereocenters. The molecule has 8 N–H and O–H groups in total. The lowest BCUT2D eigenvalue weighted by Gasteiger charge is -2.10. The second-order valence-electron chi connectivity index (χ2n) is 3.84. The summed E-state index contributed by atoms with van der Waals surface area (Å²) in [4.78, 5) is 22.6. The van der Waals surface area contributed by atoms with E-state index in [0.29, 0.717) is 52.6 Å². The fourth-order valence-electron chi connectivity index (χ4n) is 1.17. The monoisotopic (exact) mass is 306 g/mol. The number of urea groups is 2. The quantitative estimate of drug-likeness (QED) is 0.173. The summed E-state index contributed by atoms with van der Waals surface area (Å²) >= 11 is 0. The van der Waals surface area contributed by atoms with Crippen molar-refractivity contribution >= 4 is 12.1 Å². The molecule has 124 valence electrons. The molecule has 0 spiro atoms. The first-order chi connectivity index (χ1) is 10.2. The Labute approximate surface area is 124 Å². The van der Waals surface area contributed by atoms with Crippen LogP contribution in [0.15, 0.2) is 0 Å². The van der Waals surface area contributed by atoms with Crippen LogP contribution in [0.5, 0.6) is 0 Å². The van der Waals surface area contributed by atoms with Gasteiger partial charge >= 0.3 is 12.1 Å². The normalized spacial score (nSPS) is 10.0. The number of nitrogens with two attached hydrogens (primary N) is 2. The van der Waals surface area contributed by atoms with Crippen molar-refractivity contribution in [3.8, 4) is 0 Å². The van der Waals surface area contributed by atoms with Crippen LogP contribution in [-0.2, 0) is 9.47 Å². The third kappa shape index (κ3) is 14.6. The van der Waals surface area contributed by atoms with Crippen molar-refractivity contribution in [3.63, 3.8) is 0 Å². The Bertz CT molecular complexity index is 253. The zero-order valence-electron chi connectivity index (χ0n) is 12.2. The summed E-state index contributed by atoms with van der Waals surface area (Å²) in [7, 11) is 0. The van der Waals surface area contributed by atoms with Gasteiger partial charge in [0, 0.05) is 26.2 Å². The van der Waals surface area contributed by atoms with Crippen LogP contribution >= 0.6 is 0 Å². The van der Waals surface area contributed by atoms with E-state index in [9.17, 15) is 9.59 Å². The van der Waals surface area contributed by atoms with Gasteiger partial charge in [0.15, 0.2) is 0 Å². The predicted octanol–water partition coefficient (Wildman–Crippen LogP) is -2.51. The maximum absolute atomic E-state index is 11.3. The molecule has 0 radical (unpaired) electrons. The molecule has 0 aromatic rings. The van der Waals surface area contributed by atoms with Crippen molar-refractivity contribution in [2.24, 2.45) is 11.5 Å². The molecule has 0 aromatic heterocycles. The first-order valence-electron chi connectivity index (χ1n) is 6.79. The molecule has 0 saturated heterocycles. The largest absolute Gasteiger partial charge is 0.378 e. The van der Waals surface area contributed by atoms with Crippen LogP contribution in [0.4, 0.5) is 9.59 Å². The van der Waals surface area contributed by atoms with Crippen LogP contribution in [0.25, 0.3) is 0 Å². The van der Waals surface area contributed by atoms with E-state index in [1.807, 2.05) is 0 Å². The highest BCUT2D eigenvalue weighted by atomic mass is 16.5. The van der Waals surface area contributed by atoms with Crippen LogP contribution in [-0.4, -0.2) is 71.3 Å². The number of rotatable bonds is 12. The van der Waals surface area contributed by atoms with Crippen LogP contribution in [0.2, 0.25) is 0 Å². The SMILES string of the molecule is NCCOCCNC(=O)NCNC(=O)NCCOCCN. The van der Waals surface area contributed by atoms with Gasteiger partial charge in [-0.1, -0.05) is 0 Å². The molecule has 0 bridgehead atoms. The molecular weight excluding hydrogens is 280 g/mol. The van der Waals surface area contributed by atoms with Crippen molar-refractivity contribution in [3.05, 3.63) is 0 Å². The lowest BCUT2D eigenvalue weighted by Crippen LogP contribution is -2.46. The van der Waals surface area contributed by atoms with E-state index in [0.717, 1.165) is 0 Å². The highest BCUT2D eigenvalue weighted by Crippen LogP contribution is 1.73. The maximum atomic E-state index is 11.3. The van der Waals surface area contributed by atoms with Crippen molar-refractivity contribution < 1.29 is 19.1 Å². The fourth-order valence-corrected chi connectivity index (χ4v) is 1.17. The molecule has 0 unspecified atom stereocenters. The van der Waals surface area contributed by atoms with Gasteiger partial charge in [-0.2, -0.15) is 0 Å². The third-order valence-electron chi connectivity index (χ3n) is 2.09. The van der Waals surface area contributed by atoms with E-state index in [2.05, 4.69) is 21.3 Å². The Morgan fingerprint density at radius 2 is 1.14 bits per heavy atom. The van der Waals surface area contributed by atoms with Gasteiger partial charge in [0.05, 0.1) is 33.1 Å². The van der Waals surface area contributed by atoms with Crippen molar-refractivity contribution in [1.29, 1.82) is 0 Å². The van der Waals surface area contributed by atoms with Crippen molar-refractivity contribution in [1.82, 2.24) is 21.3 Å². The molecular formula is C11H26N6O4. The maximum Gasteiger partial charge on any atom is 0.316 e. The molecule has 4 amide bonds. The summed E-state index contributed by atoms with van der Waals surface area (Å²) in [6.45, 7) is 3.35. The first kappa shape index (κ1) is 19.4. The Kier molecular flexibility index (Phi) is 13.6. The predicted molar refractivity (Wildman–Crippen MR) is 77.7 cm³/mol. The number of ether oxygens (including phenoxy) is 2. The third-order valence-corrected chi connectivity index (χ3v) is 2.09. The summed E-state index contributed by atoms with van der Waals surface area (Å²) in [5.41, 5.74) is 10.5. The smallest absolute Gasteiger partial charge is 0.316 e. The van der Waals surface area contributed by atoms with Gasteiger partial charge in [-0.05, 0) is 0 Å². The van der Waals surface area contributed by atoms with Crippen LogP contribution < -0.4 is 32.7 Å². The molecule has 0 saturated carbocycles. The number of hydrogen-bond donors (Lipinski definition) is 6. The minimum absolute atomic E-state index is 0.0188. The van der Waals surface area contributed by atoms with Gasteiger partial charge in [0.1, 0.15) is 0 Å². The average molecular weight is 306 g/mol. The highest BCUT2D eigenvalue weighted by molar-refractivity contribution is 5.76. The summed E-state index contributed by atoms with van der Waals surface area (Å²) in [6, 6.07) is -0.782. The molecule has 10 nitrogen and oxygen atoms in total. The zero-order chi connectivity index (χ0) is 15.8. The molecule has 21 heavy (non-hydrogen) atoms. The Morgan fingerprint density at radius 1 is 0.714 bits per heavy atom. The van der Waals surface area contributed by atoms with E-state index in [-0.39, 0.29) is 6.67 Å². The van der Waals surface area contributed by atoms with E-state index >= 15 is 0 Å². The van der Waals surface area contributed by atoms with E-state index < -0.39 is 12.1 Å². The minimum atomic E-state index is -0.391. The summed E-state index contributed by atoms with van der Waals surface area (Å²) < 4.78 is 10.2. The summed E-state index contributed by atoms with van der Waals surface area (Å²) in [5, 5.41) is 10.1. The van der Waals surface area contributed by atoms with Gasteiger partial charge in [0.2, 0.25) is 0 Å². The van der Waals surface area contributed by atoms with Crippen molar-refractivity contribution in [2.75, 3.05) is 59.3 Å². The van der Waals surface area contributed by atoms with E-state index in [4.69, 9.17) is 20.9 Å². The molecule has 0 aliphatic rings. The second-order valence-corrected chi connectivity index (χ2v) is 3.84. The van der Waals surface area contributed by atoms with Gasteiger partial charge in [0.25, 0.3) is 0 Å². The molecule has 0 aliphatic carbocycles. The second kappa shape index (κ2) is 14.8. The minimum Gasteiger partial charge on any atom is -0.378 e. The topological polar surface area (TPSA) is 153 Å². The van der Waals surface area contributed by atoms with E-state index in [1.165, 1.54) is 0 Å². The van der Waals surface area contributed by atoms with Crippen LogP contribution in [0, 0.1) is 0 Å². The van der Waals surface area contributed by atoms with Gasteiger partial charge in [-0.15, -0.1) is 0 Å². The van der Waals surface area contributed by atoms with Gasteiger partial charge in [-0.3, -0.25) is 0 Å². The Balaban J connectivity index is 3.34. The molecule has 0 heterocycles. The zero-order valence-corrected chi connectivity index (χ0v) is 12.2. The lowest BCUT2D eigenvalue weighted by atomic mass is 10.6. The standard InChI is InChI=1S/C11H26N6O4/c12-1-5-20-7-3-14-10(18)16-9-17-11(19)15-4-8-21-6-2-13/h1-9,12-13H2,(H2,14,16,18)(H2,15,17,19). The summed E-state index contributed by atoms with van der Waals surface area (Å²) in [6.07, 6.45) is 0. The Morgan fingerprint density at radius 3 is 1.52 bits per heavy atom. The number of nitrogens with one attached hydrogen (secondary N) is 4. The van der Waals surface area contributed by atoms with Gasteiger partial charge < -0.3 is 42.2 Å². The van der Waals surface area contributed by atoms with Crippen LogP contribution in [0.1, 0.15) is 0 Å². The van der Waals surface area contributed by atoms with Gasteiger partial charge in [-0.25, -0.2) is 9.59 Å². The number of hydrogen-bond acceptors (Lipinski definition) is 6. The van der Waals surface area contributed by atoms with Crippen molar-refractivity contribution in [2.45, 2.75) is 0 Å². The first-order valence-corrected chi connectivity index (χ1v) is 6.79. The number of amides is 4. The number of carbonyl (C=O) groups is 2. The average Bonchev–Trinajstić information content (AvgIpc) is 2.47. The molecule has 0 fully saturated rings. The molecule has 0 aromatic carbocycles. The summed E-state index contributed by atoms with van der Waals surface area (Å²) in [5.74, 6) is 0. The molecule has 0 aliphatic heterocycles. The Hall–Kier alpha value is -1.62. The fraction of sp³-hybridized carbons (Fsp3) is 0.818. The lowest BCUT2D eigenvalue weighted by molar-refractivity contribution is 0.143. The number of carbonyl (C=O) groups excluding carboxylic acids is 2. The molecule has 10 heteroatoms. The highest BCUT2D eigenvalue weighted by Gasteiger charge is 2.01. The van der Waals surface area contributed by atoms with E-state index in [1.54, 1.807) is 0 Å². The van der Waals surface area contributed by atoms with Crippen LogP contribution in [0.3, 0.4) is 0 Å². The molecule has 0 rings (SSSR count).